The maximum atomic E-state index is 13.2. The topological polar surface area (TPSA) is 90.2 Å². The number of hydrazone groups is 1. The van der Waals surface area contributed by atoms with Gasteiger partial charge in [0, 0.05) is 60.1 Å². The molecule has 3 aromatic carbocycles. The molecule has 10 heteroatoms. The number of rotatable bonds is 6. The molecule has 1 aliphatic rings. The smallest absolute Gasteiger partial charge is 0.271 e. The van der Waals surface area contributed by atoms with Crippen LogP contribution in [0.5, 0.6) is 5.75 Å². The highest BCUT2D eigenvalue weighted by molar-refractivity contribution is 6.32. The Morgan fingerprint density at radius 2 is 1.76 bits per heavy atom. The van der Waals surface area contributed by atoms with Crippen LogP contribution in [-0.4, -0.2) is 58.8 Å². The molecule has 2 N–H and O–H groups in total. The molecule has 0 radical (unpaired) electrons. The number of phenols is 1. The molecule has 38 heavy (non-hydrogen) atoms. The largest absolute Gasteiger partial charge is 0.506 e. The lowest BCUT2D eigenvalue weighted by Crippen LogP contribution is -2.49. The van der Waals surface area contributed by atoms with E-state index in [0.29, 0.717) is 26.2 Å². The maximum absolute atomic E-state index is 13.2. The first-order valence-corrected chi connectivity index (χ1v) is 12.4. The Bertz CT molecular complexity index is 1510. The van der Waals surface area contributed by atoms with Crippen molar-refractivity contribution < 1.29 is 19.1 Å². The minimum absolute atomic E-state index is 0.00510. The number of phenolic OH excluding ortho intramolecular Hbond substituents is 1. The van der Waals surface area contributed by atoms with Gasteiger partial charge in [-0.15, -0.1) is 0 Å². The van der Waals surface area contributed by atoms with Crippen molar-refractivity contribution in [3.8, 4) is 5.75 Å². The highest BCUT2D eigenvalue weighted by Gasteiger charge is 2.22. The summed E-state index contributed by atoms with van der Waals surface area (Å²) in [6.07, 6.45) is 3.37. The average molecular weight is 534 g/mol. The fraction of sp³-hybridized carbons (Fsp3) is 0.179. The van der Waals surface area contributed by atoms with Gasteiger partial charge in [-0.25, -0.2) is 9.82 Å². The Labute approximate surface area is 223 Å². The molecule has 1 fully saturated rings. The van der Waals surface area contributed by atoms with Gasteiger partial charge in [-0.3, -0.25) is 9.59 Å². The lowest BCUT2D eigenvalue weighted by molar-refractivity contribution is -0.132. The Kier molecular flexibility index (Phi) is 7.28. The van der Waals surface area contributed by atoms with Crippen LogP contribution in [0.3, 0.4) is 0 Å². The molecule has 194 valence electrons. The number of nitrogens with one attached hydrogen (secondary N) is 1. The van der Waals surface area contributed by atoms with Crippen LogP contribution in [-0.2, 0) is 11.3 Å². The van der Waals surface area contributed by atoms with Gasteiger partial charge >= 0.3 is 0 Å². The van der Waals surface area contributed by atoms with Crippen molar-refractivity contribution in [1.29, 1.82) is 0 Å². The van der Waals surface area contributed by atoms with Crippen LogP contribution in [0.25, 0.3) is 10.9 Å². The molecule has 8 nitrogen and oxygen atoms in total. The number of aromatic hydroxyl groups is 1. The first-order chi connectivity index (χ1) is 18.4. The van der Waals surface area contributed by atoms with Gasteiger partial charge in [0.15, 0.2) is 0 Å². The number of hydrogen-bond acceptors (Lipinski definition) is 5. The molecule has 1 aromatic heterocycles. The van der Waals surface area contributed by atoms with Crippen molar-refractivity contribution in [2.75, 3.05) is 31.1 Å². The highest BCUT2D eigenvalue weighted by atomic mass is 35.5. The van der Waals surface area contributed by atoms with Gasteiger partial charge < -0.3 is 19.5 Å². The van der Waals surface area contributed by atoms with Crippen LogP contribution in [0.15, 0.2) is 78.0 Å². The molecule has 0 bridgehead atoms. The molecular weight excluding hydrogens is 509 g/mol. The van der Waals surface area contributed by atoms with Crippen LogP contribution in [0, 0.1) is 5.82 Å². The summed E-state index contributed by atoms with van der Waals surface area (Å²) in [5.41, 5.74) is 5.29. The molecule has 0 aliphatic carbocycles. The number of hydrogen-bond donors (Lipinski definition) is 2. The number of benzene rings is 3. The molecule has 1 aliphatic heterocycles. The summed E-state index contributed by atoms with van der Waals surface area (Å²) in [7, 11) is 0. The van der Waals surface area contributed by atoms with Gasteiger partial charge in [0.2, 0.25) is 5.91 Å². The fourth-order valence-corrected chi connectivity index (χ4v) is 4.67. The summed E-state index contributed by atoms with van der Waals surface area (Å²) >= 11 is 5.88. The maximum Gasteiger partial charge on any atom is 0.271 e. The van der Waals surface area contributed by atoms with Crippen LogP contribution < -0.4 is 10.3 Å². The minimum Gasteiger partial charge on any atom is -0.506 e. The van der Waals surface area contributed by atoms with Crippen molar-refractivity contribution >= 4 is 46.2 Å². The van der Waals surface area contributed by atoms with Crippen molar-refractivity contribution in [1.82, 2.24) is 14.9 Å². The first-order valence-electron chi connectivity index (χ1n) is 12.1. The Hall–Kier alpha value is -4.37. The predicted molar refractivity (Wildman–Crippen MR) is 145 cm³/mol. The van der Waals surface area contributed by atoms with Crippen LogP contribution in [0.1, 0.15) is 15.9 Å². The molecule has 4 aromatic rings. The zero-order valence-electron chi connectivity index (χ0n) is 20.3. The predicted octanol–water partition coefficient (Wildman–Crippen LogP) is 4.25. The Morgan fingerprint density at radius 1 is 1.03 bits per heavy atom. The van der Waals surface area contributed by atoms with Gasteiger partial charge in [-0.1, -0.05) is 29.8 Å². The van der Waals surface area contributed by atoms with Crippen LogP contribution in [0.2, 0.25) is 5.02 Å². The van der Waals surface area contributed by atoms with Gasteiger partial charge in [-0.2, -0.15) is 5.10 Å². The van der Waals surface area contributed by atoms with Crippen molar-refractivity contribution in [3.63, 3.8) is 0 Å². The van der Waals surface area contributed by atoms with E-state index in [4.69, 9.17) is 11.6 Å². The molecule has 0 saturated carbocycles. The second-order valence-electron chi connectivity index (χ2n) is 8.94. The van der Waals surface area contributed by atoms with E-state index in [1.54, 1.807) is 12.1 Å². The normalized spacial score (nSPS) is 13.8. The number of para-hydroxylation sites is 1. The number of nitrogens with zero attached hydrogens (tertiary/aromatic N) is 4. The molecule has 0 atom stereocenters. The third-order valence-electron chi connectivity index (χ3n) is 6.53. The SMILES string of the molecule is O=C(N/N=C/c1cn(CC(=O)N2CCN(c3ccc(F)cc3)CC2)c2ccccc12)c1ccc(O)c(Cl)c1. The van der Waals surface area contributed by atoms with Gasteiger partial charge in [0.05, 0.1) is 11.2 Å². The van der Waals surface area contributed by atoms with Gasteiger partial charge in [0.1, 0.15) is 18.1 Å². The summed E-state index contributed by atoms with van der Waals surface area (Å²) in [4.78, 5) is 29.5. The molecule has 1 saturated heterocycles. The molecule has 2 heterocycles. The molecule has 0 spiro atoms. The van der Waals surface area contributed by atoms with E-state index >= 15 is 0 Å². The van der Waals surface area contributed by atoms with E-state index in [1.165, 1.54) is 36.5 Å². The summed E-state index contributed by atoms with van der Waals surface area (Å²) in [6.45, 7) is 2.68. The number of halogens is 2. The number of amides is 2. The zero-order valence-corrected chi connectivity index (χ0v) is 21.1. The standard InChI is InChI=1S/C28H25ClFN5O3/c29-24-15-19(5-10-26(24)36)28(38)32-31-16-20-17-35(25-4-2-1-3-23(20)25)18-27(37)34-13-11-33(12-14-34)22-8-6-21(30)7-9-22/h1-10,15-17,36H,11-14,18H2,(H,32,38)/b31-16+. The lowest BCUT2D eigenvalue weighted by Gasteiger charge is -2.36. The average Bonchev–Trinajstić information content (AvgIpc) is 3.27. The number of fused-ring (bicyclic) bond motifs is 1. The van der Waals surface area contributed by atoms with E-state index in [1.807, 2.05) is 39.9 Å². The fourth-order valence-electron chi connectivity index (χ4n) is 4.49. The van der Waals surface area contributed by atoms with Crippen molar-refractivity contribution in [2.24, 2.45) is 5.10 Å². The lowest BCUT2D eigenvalue weighted by atomic mass is 10.2. The third kappa shape index (κ3) is 5.47. The third-order valence-corrected chi connectivity index (χ3v) is 6.83. The molecule has 5 rings (SSSR count). The zero-order chi connectivity index (χ0) is 26.6. The number of aromatic nitrogens is 1. The highest BCUT2D eigenvalue weighted by Crippen LogP contribution is 2.24. The van der Waals surface area contributed by atoms with Gasteiger partial charge in [0.25, 0.3) is 5.91 Å². The first kappa shape index (κ1) is 25.3. The molecule has 0 unspecified atom stereocenters. The monoisotopic (exact) mass is 533 g/mol. The number of anilines is 1. The second kappa shape index (κ2) is 10.9. The van der Waals surface area contributed by atoms with E-state index in [9.17, 15) is 19.1 Å². The van der Waals surface area contributed by atoms with Gasteiger partial charge in [-0.05, 0) is 48.5 Å². The number of piperazine rings is 1. The summed E-state index contributed by atoms with van der Waals surface area (Å²) in [6, 6.07) is 18.2. The minimum atomic E-state index is -0.471. The summed E-state index contributed by atoms with van der Waals surface area (Å²) in [5, 5.41) is 14.6. The Balaban J connectivity index is 1.24. The summed E-state index contributed by atoms with van der Waals surface area (Å²) < 4.78 is 15.1. The number of carbonyl (C=O) groups is 2. The van der Waals surface area contributed by atoms with Crippen LogP contribution in [0.4, 0.5) is 10.1 Å². The van der Waals surface area contributed by atoms with Crippen molar-refractivity contribution in [3.05, 3.63) is 94.9 Å². The molecular formula is C28H25ClFN5O3. The van der Waals surface area contributed by atoms with E-state index in [0.717, 1.165) is 22.2 Å². The van der Waals surface area contributed by atoms with E-state index in [-0.39, 0.29) is 34.6 Å². The van der Waals surface area contributed by atoms with Crippen LogP contribution >= 0.6 is 11.6 Å². The van der Waals surface area contributed by atoms with Crippen molar-refractivity contribution in [2.45, 2.75) is 6.54 Å². The van der Waals surface area contributed by atoms with E-state index in [2.05, 4.69) is 15.4 Å². The number of carbonyl (C=O) groups excluding carboxylic acids is 2. The second-order valence-corrected chi connectivity index (χ2v) is 9.35. The Morgan fingerprint density at radius 3 is 2.50 bits per heavy atom. The summed E-state index contributed by atoms with van der Waals surface area (Å²) in [5.74, 6) is -0.841. The quantitative estimate of drug-likeness (QED) is 0.286. The molecule has 2 amide bonds. The van der Waals surface area contributed by atoms with E-state index < -0.39 is 5.91 Å².